The molecule has 1 unspecified atom stereocenters. The van der Waals surface area contributed by atoms with Crippen LogP contribution in [-0.2, 0) is 28.3 Å². The molecule has 4 rings (SSSR count). The summed E-state index contributed by atoms with van der Waals surface area (Å²) in [6.45, 7) is 0.225. The van der Waals surface area contributed by atoms with E-state index in [0.717, 1.165) is 42.4 Å². The predicted molar refractivity (Wildman–Crippen MR) is 154 cm³/mol. The highest BCUT2D eigenvalue weighted by molar-refractivity contribution is 7.99. The first-order chi connectivity index (χ1) is 18.4. The van der Waals surface area contributed by atoms with E-state index in [2.05, 4.69) is 5.32 Å². The third kappa shape index (κ3) is 8.23. The van der Waals surface area contributed by atoms with Gasteiger partial charge in [0, 0.05) is 24.8 Å². The van der Waals surface area contributed by atoms with Crippen LogP contribution >= 0.6 is 35.0 Å². The molecule has 4 nitrogen and oxygen atoms in total. The van der Waals surface area contributed by atoms with E-state index in [1.807, 2.05) is 36.4 Å². The molecule has 1 fully saturated rings. The number of nitrogens with one attached hydrogen (secondary N) is 1. The van der Waals surface area contributed by atoms with Gasteiger partial charge in [-0.1, -0.05) is 84.6 Å². The lowest BCUT2D eigenvalue weighted by molar-refractivity contribution is -0.139. The Hall–Kier alpha value is -2.54. The van der Waals surface area contributed by atoms with Crippen molar-refractivity contribution in [2.75, 3.05) is 5.75 Å². The number of hydrogen-bond acceptors (Lipinski definition) is 3. The van der Waals surface area contributed by atoms with Gasteiger partial charge in [-0.05, 0) is 53.8 Å². The Bertz CT molecular complexity index is 1220. The van der Waals surface area contributed by atoms with Gasteiger partial charge in [0.15, 0.2) is 0 Å². The number of thioether (sulfide) groups is 1. The van der Waals surface area contributed by atoms with Crippen LogP contribution in [0.4, 0.5) is 4.39 Å². The van der Waals surface area contributed by atoms with Crippen molar-refractivity contribution < 1.29 is 14.0 Å². The third-order valence-electron chi connectivity index (χ3n) is 6.72. The standard InChI is InChI=1S/C30H31Cl2FN2O2S/c31-26-15-12-23(16-27(26)32)18-35(29(36)20-38-19-22-10-13-24(33)14-11-22)28(17-21-6-2-1-3-7-21)30(37)34-25-8-4-5-9-25/h1-3,6-7,10-16,25,28H,4-5,8-9,17-20H2,(H,34,37). The van der Waals surface area contributed by atoms with E-state index >= 15 is 0 Å². The van der Waals surface area contributed by atoms with Gasteiger partial charge in [0.25, 0.3) is 0 Å². The van der Waals surface area contributed by atoms with Crippen LogP contribution < -0.4 is 5.32 Å². The molecule has 3 aromatic rings. The van der Waals surface area contributed by atoms with E-state index in [9.17, 15) is 14.0 Å². The number of carbonyl (C=O) groups excluding carboxylic acids is 2. The number of amides is 2. The molecule has 1 atom stereocenters. The lowest BCUT2D eigenvalue weighted by atomic mass is 10.0. The SMILES string of the molecule is O=C(NC1CCCC1)C(Cc1ccccc1)N(Cc1ccc(Cl)c(Cl)c1)C(=O)CSCc1ccc(F)cc1. The van der Waals surface area contributed by atoms with Gasteiger partial charge in [-0.25, -0.2) is 4.39 Å². The zero-order chi connectivity index (χ0) is 26.9. The maximum atomic E-state index is 13.7. The first-order valence-electron chi connectivity index (χ1n) is 12.8. The summed E-state index contributed by atoms with van der Waals surface area (Å²) >= 11 is 13.8. The van der Waals surface area contributed by atoms with Crippen molar-refractivity contribution in [3.8, 4) is 0 Å². The smallest absolute Gasteiger partial charge is 0.243 e. The van der Waals surface area contributed by atoms with Crippen LogP contribution in [0.3, 0.4) is 0 Å². The lowest BCUT2D eigenvalue weighted by Crippen LogP contribution is -2.52. The van der Waals surface area contributed by atoms with Crippen molar-refractivity contribution in [2.24, 2.45) is 0 Å². The molecule has 3 aromatic carbocycles. The van der Waals surface area contributed by atoms with E-state index in [0.29, 0.717) is 22.2 Å². The molecule has 0 radical (unpaired) electrons. The summed E-state index contributed by atoms with van der Waals surface area (Å²) in [5.41, 5.74) is 2.70. The molecule has 0 bridgehead atoms. The van der Waals surface area contributed by atoms with Crippen molar-refractivity contribution in [3.63, 3.8) is 0 Å². The zero-order valence-corrected chi connectivity index (χ0v) is 23.4. The van der Waals surface area contributed by atoms with Gasteiger partial charge in [-0.3, -0.25) is 9.59 Å². The van der Waals surface area contributed by atoms with Gasteiger partial charge < -0.3 is 10.2 Å². The zero-order valence-electron chi connectivity index (χ0n) is 21.0. The largest absolute Gasteiger partial charge is 0.352 e. The van der Waals surface area contributed by atoms with Crippen LogP contribution in [0, 0.1) is 5.82 Å². The van der Waals surface area contributed by atoms with Gasteiger partial charge >= 0.3 is 0 Å². The summed E-state index contributed by atoms with van der Waals surface area (Å²) in [5, 5.41) is 4.04. The highest BCUT2D eigenvalue weighted by atomic mass is 35.5. The highest BCUT2D eigenvalue weighted by Gasteiger charge is 2.32. The normalized spacial score (nSPS) is 14.3. The fourth-order valence-electron chi connectivity index (χ4n) is 4.68. The van der Waals surface area contributed by atoms with Crippen LogP contribution in [0.1, 0.15) is 42.4 Å². The molecule has 200 valence electrons. The summed E-state index contributed by atoms with van der Waals surface area (Å²) in [6.07, 6.45) is 4.51. The van der Waals surface area contributed by atoms with E-state index in [4.69, 9.17) is 23.2 Å². The number of halogens is 3. The first kappa shape index (κ1) is 28.5. The number of nitrogens with zero attached hydrogens (tertiary/aromatic N) is 1. The fraction of sp³-hybridized carbons (Fsp3) is 0.333. The van der Waals surface area contributed by atoms with E-state index in [1.54, 1.807) is 29.2 Å². The monoisotopic (exact) mass is 572 g/mol. The second-order valence-corrected chi connectivity index (χ2v) is 11.4. The van der Waals surface area contributed by atoms with Gasteiger partial charge in [-0.15, -0.1) is 11.8 Å². The second kappa shape index (κ2) is 14.0. The summed E-state index contributed by atoms with van der Waals surface area (Å²) in [7, 11) is 0. The summed E-state index contributed by atoms with van der Waals surface area (Å²) < 4.78 is 13.3. The minimum atomic E-state index is -0.689. The van der Waals surface area contributed by atoms with Crippen LogP contribution in [0.25, 0.3) is 0 Å². The molecule has 1 aliphatic carbocycles. The third-order valence-corrected chi connectivity index (χ3v) is 8.44. The first-order valence-corrected chi connectivity index (χ1v) is 14.7. The molecule has 1 N–H and O–H groups in total. The Balaban J connectivity index is 1.57. The second-order valence-electron chi connectivity index (χ2n) is 9.58. The molecular formula is C30H31Cl2FN2O2S. The molecule has 0 saturated heterocycles. The average molecular weight is 574 g/mol. The molecule has 0 aliphatic heterocycles. The molecule has 0 spiro atoms. The van der Waals surface area contributed by atoms with E-state index in [1.165, 1.54) is 23.9 Å². The summed E-state index contributed by atoms with van der Waals surface area (Å²) in [4.78, 5) is 29.1. The summed E-state index contributed by atoms with van der Waals surface area (Å²) in [5.74, 6) is 0.161. The van der Waals surface area contributed by atoms with Crippen molar-refractivity contribution in [1.82, 2.24) is 10.2 Å². The maximum Gasteiger partial charge on any atom is 0.243 e. The Kier molecular flexibility index (Phi) is 10.5. The minimum Gasteiger partial charge on any atom is -0.352 e. The van der Waals surface area contributed by atoms with Crippen molar-refractivity contribution >= 4 is 46.8 Å². The molecule has 1 aliphatic rings. The van der Waals surface area contributed by atoms with Gasteiger partial charge in [0.05, 0.1) is 15.8 Å². The molecule has 0 heterocycles. The summed E-state index contributed by atoms with van der Waals surface area (Å²) in [6, 6.07) is 20.7. The topological polar surface area (TPSA) is 49.4 Å². The highest BCUT2D eigenvalue weighted by Crippen LogP contribution is 2.25. The number of carbonyl (C=O) groups is 2. The average Bonchev–Trinajstić information content (AvgIpc) is 3.43. The van der Waals surface area contributed by atoms with Gasteiger partial charge in [0.1, 0.15) is 11.9 Å². The van der Waals surface area contributed by atoms with Crippen LogP contribution in [0.15, 0.2) is 72.8 Å². The van der Waals surface area contributed by atoms with Gasteiger partial charge in [0.2, 0.25) is 11.8 Å². The van der Waals surface area contributed by atoms with E-state index in [-0.39, 0.29) is 36.0 Å². The van der Waals surface area contributed by atoms with Crippen molar-refractivity contribution in [3.05, 3.63) is 105 Å². The fourth-order valence-corrected chi connectivity index (χ4v) is 5.87. The van der Waals surface area contributed by atoms with Crippen molar-refractivity contribution in [1.29, 1.82) is 0 Å². The van der Waals surface area contributed by atoms with Crippen LogP contribution in [0.2, 0.25) is 10.0 Å². The number of hydrogen-bond donors (Lipinski definition) is 1. The Morgan fingerprint density at radius 1 is 0.921 bits per heavy atom. The minimum absolute atomic E-state index is 0.135. The van der Waals surface area contributed by atoms with E-state index < -0.39 is 6.04 Å². The van der Waals surface area contributed by atoms with Gasteiger partial charge in [-0.2, -0.15) is 0 Å². The molecule has 1 saturated carbocycles. The molecule has 2 amide bonds. The van der Waals surface area contributed by atoms with Crippen LogP contribution in [0.5, 0.6) is 0 Å². The Morgan fingerprint density at radius 2 is 1.61 bits per heavy atom. The number of benzene rings is 3. The molecule has 0 aromatic heterocycles. The Labute approximate surface area is 237 Å². The molecule has 38 heavy (non-hydrogen) atoms. The quantitative estimate of drug-likeness (QED) is 0.267. The van der Waals surface area contributed by atoms with Crippen LogP contribution in [-0.4, -0.2) is 34.6 Å². The Morgan fingerprint density at radius 3 is 2.29 bits per heavy atom. The molecular weight excluding hydrogens is 542 g/mol. The van der Waals surface area contributed by atoms with Crippen molar-refractivity contribution in [2.45, 2.75) is 56.5 Å². The predicted octanol–water partition coefficient (Wildman–Crippen LogP) is 7.06. The number of rotatable bonds is 11. The lowest BCUT2D eigenvalue weighted by Gasteiger charge is -2.32. The maximum absolute atomic E-state index is 13.7. The molecule has 8 heteroatoms.